The van der Waals surface area contributed by atoms with E-state index in [1.807, 2.05) is 6.92 Å². The number of hydrogen-bond donors (Lipinski definition) is 3. The largest absolute Gasteiger partial charge is 0.485 e. The van der Waals surface area contributed by atoms with Gasteiger partial charge in [-0.3, -0.25) is 9.48 Å². The molecule has 3 aliphatic rings. The fourth-order valence-corrected chi connectivity index (χ4v) is 5.32. The Morgan fingerprint density at radius 2 is 1.90 bits per heavy atom. The van der Waals surface area contributed by atoms with E-state index < -0.39 is 29.1 Å². The molecule has 1 aromatic heterocycles. The summed E-state index contributed by atoms with van der Waals surface area (Å²) < 4.78 is 46.2. The second kappa shape index (κ2) is 10.1. The highest BCUT2D eigenvalue weighted by atomic mass is 19.4. The Labute approximate surface area is 224 Å². The molecule has 2 saturated heterocycles. The van der Waals surface area contributed by atoms with Gasteiger partial charge in [0.05, 0.1) is 42.2 Å². The van der Waals surface area contributed by atoms with E-state index in [0.717, 1.165) is 25.0 Å². The van der Waals surface area contributed by atoms with Gasteiger partial charge in [-0.25, -0.2) is 10.0 Å². The summed E-state index contributed by atoms with van der Waals surface area (Å²) in [6.45, 7) is 4.35. The van der Waals surface area contributed by atoms with Crippen LogP contribution in [0, 0.1) is 17.2 Å². The Morgan fingerprint density at radius 3 is 2.44 bits per heavy atom. The molecule has 3 heterocycles. The van der Waals surface area contributed by atoms with Crippen LogP contribution in [0.5, 0.6) is 5.75 Å². The SMILES string of the molecule is CC1(Oc2ccc(C(F)(F)F)cc2)CN(N2CCC(CC#N)(n3cc(C(N)O)c(NC(=O)C4CC4)n3)CC2)C1. The van der Waals surface area contributed by atoms with Crippen LogP contribution in [0.1, 0.15) is 56.4 Å². The molecule has 1 atom stereocenters. The molecule has 0 spiro atoms. The lowest BCUT2D eigenvalue weighted by atomic mass is 9.85. The molecule has 1 aromatic carbocycles. The van der Waals surface area contributed by atoms with Gasteiger partial charge in [0.2, 0.25) is 5.91 Å². The Hall–Kier alpha value is -3.18. The number of anilines is 1. The third-order valence-electron chi connectivity index (χ3n) is 7.80. The summed E-state index contributed by atoms with van der Waals surface area (Å²) in [5.74, 6) is 0.420. The highest BCUT2D eigenvalue weighted by Crippen LogP contribution is 2.39. The van der Waals surface area contributed by atoms with E-state index in [9.17, 15) is 28.3 Å². The second-order valence-electron chi connectivity index (χ2n) is 11.0. The third kappa shape index (κ3) is 5.74. The van der Waals surface area contributed by atoms with Crippen LogP contribution >= 0.6 is 0 Å². The number of nitrogens with two attached hydrogens (primary N) is 1. The lowest BCUT2D eigenvalue weighted by Crippen LogP contribution is -2.69. The molecule has 3 fully saturated rings. The first kappa shape index (κ1) is 27.4. The van der Waals surface area contributed by atoms with Crippen molar-refractivity contribution in [3.8, 4) is 11.8 Å². The van der Waals surface area contributed by atoms with Gasteiger partial charge < -0.3 is 20.9 Å². The van der Waals surface area contributed by atoms with Gasteiger partial charge in [-0.2, -0.15) is 23.5 Å². The molecule has 10 nitrogen and oxygen atoms in total. The normalized spacial score (nSPS) is 22.0. The van der Waals surface area contributed by atoms with Crippen molar-refractivity contribution in [2.75, 3.05) is 31.5 Å². The lowest BCUT2D eigenvalue weighted by Gasteiger charge is -2.54. The topological polar surface area (TPSA) is 133 Å². The molecule has 1 unspecified atom stereocenters. The van der Waals surface area contributed by atoms with E-state index >= 15 is 0 Å². The molecule has 4 N–H and O–H groups in total. The fourth-order valence-electron chi connectivity index (χ4n) is 5.32. The van der Waals surface area contributed by atoms with Gasteiger partial charge in [-0.05, 0) is 56.9 Å². The van der Waals surface area contributed by atoms with Crippen molar-refractivity contribution in [1.29, 1.82) is 5.26 Å². The van der Waals surface area contributed by atoms with Gasteiger partial charge in [0.15, 0.2) is 5.82 Å². The monoisotopic (exact) mass is 547 g/mol. The zero-order valence-corrected chi connectivity index (χ0v) is 21.6. The highest BCUT2D eigenvalue weighted by Gasteiger charge is 2.47. The number of benzene rings is 1. The zero-order chi connectivity index (χ0) is 28.0. The molecule has 2 aromatic rings. The molecule has 210 valence electrons. The number of aromatic nitrogens is 2. The van der Waals surface area contributed by atoms with Gasteiger partial charge in [0.25, 0.3) is 0 Å². The average Bonchev–Trinajstić information content (AvgIpc) is 3.63. The number of hydrogen-bond acceptors (Lipinski definition) is 8. The molecule has 1 amide bonds. The molecule has 0 bridgehead atoms. The third-order valence-corrected chi connectivity index (χ3v) is 7.80. The van der Waals surface area contributed by atoms with E-state index in [4.69, 9.17) is 10.5 Å². The maximum Gasteiger partial charge on any atom is 0.416 e. The van der Waals surface area contributed by atoms with Crippen molar-refractivity contribution >= 4 is 11.7 Å². The van der Waals surface area contributed by atoms with Crippen molar-refractivity contribution in [2.45, 2.75) is 62.6 Å². The van der Waals surface area contributed by atoms with Crippen LogP contribution in [-0.4, -0.2) is 62.6 Å². The first-order valence-corrected chi connectivity index (χ1v) is 13.0. The van der Waals surface area contributed by atoms with Gasteiger partial charge in [-0.15, -0.1) is 0 Å². The van der Waals surface area contributed by atoms with Crippen LogP contribution in [0.3, 0.4) is 0 Å². The van der Waals surface area contributed by atoms with Crippen LogP contribution in [0.2, 0.25) is 0 Å². The van der Waals surface area contributed by atoms with Crippen LogP contribution in [-0.2, 0) is 16.5 Å². The highest BCUT2D eigenvalue weighted by molar-refractivity contribution is 5.93. The molecule has 13 heteroatoms. The number of rotatable bonds is 8. The van der Waals surface area contributed by atoms with E-state index in [2.05, 4.69) is 26.5 Å². The molecule has 39 heavy (non-hydrogen) atoms. The number of ether oxygens (including phenoxy) is 1. The smallest absolute Gasteiger partial charge is 0.416 e. The number of aliphatic hydroxyl groups excluding tert-OH is 1. The van der Waals surface area contributed by atoms with E-state index in [0.29, 0.717) is 50.3 Å². The van der Waals surface area contributed by atoms with Crippen molar-refractivity contribution in [2.24, 2.45) is 11.7 Å². The predicted molar refractivity (Wildman–Crippen MR) is 134 cm³/mol. The van der Waals surface area contributed by atoms with Crippen molar-refractivity contribution in [3.63, 3.8) is 0 Å². The molecule has 0 radical (unpaired) electrons. The summed E-state index contributed by atoms with van der Waals surface area (Å²) in [6.07, 6.45) is -1.03. The molecular weight excluding hydrogens is 515 g/mol. The number of halogens is 3. The van der Waals surface area contributed by atoms with Crippen LogP contribution in [0.4, 0.5) is 19.0 Å². The molecule has 2 aliphatic heterocycles. The van der Waals surface area contributed by atoms with Crippen LogP contribution in [0.25, 0.3) is 0 Å². The number of hydrazine groups is 1. The summed E-state index contributed by atoms with van der Waals surface area (Å²) in [4.78, 5) is 12.3. The van der Waals surface area contributed by atoms with Crippen molar-refractivity contribution < 1.29 is 27.8 Å². The zero-order valence-electron chi connectivity index (χ0n) is 21.6. The second-order valence-corrected chi connectivity index (χ2v) is 11.0. The molecular formula is C26H32F3N7O3. The van der Waals surface area contributed by atoms with E-state index in [1.165, 1.54) is 12.1 Å². The fraction of sp³-hybridized carbons (Fsp3) is 0.577. The summed E-state index contributed by atoms with van der Waals surface area (Å²) in [5, 5.41) is 31.4. The number of carbonyl (C=O) groups excluding carboxylic acids is 1. The number of aliphatic hydroxyl groups is 1. The number of nitrogens with one attached hydrogen (secondary N) is 1. The van der Waals surface area contributed by atoms with E-state index in [1.54, 1.807) is 10.9 Å². The van der Waals surface area contributed by atoms with Gasteiger partial charge in [-0.1, -0.05) is 0 Å². The van der Waals surface area contributed by atoms with Gasteiger partial charge in [0, 0.05) is 25.2 Å². The Morgan fingerprint density at radius 1 is 1.26 bits per heavy atom. The Bertz CT molecular complexity index is 1240. The maximum atomic E-state index is 12.8. The predicted octanol–water partition coefficient (Wildman–Crippen LogP) is 2.97. The number of piperidine rings is 1. The lowest BCUT2D eigenvalue weighted by molar-refractivity contribution is -0.186. The van der Waals surface area contributed by atoms with Gasteiger partial charge >= 0.3 is 6.18 Å². The minimum Gasteiger partial charge on any atom is -0.485 e. The first-order valence-electron chi connectivity index (χ1n) is 13.0. The van der Waals surface area contributed by atoms with Crippen LogP contribution in [0.15, 0.2) is 30.5 Å². The van der Waals surface area contributed by atoms with Crippen molar-refractivity contribution in [3.05, 3.63) is 41.6 Å². The number of alkyl halides is 3. The number of nitriles is 1. The summed E-state index contributed by atoms with van der Waals surface area (Å²) >= 11 is 0. The quantitative estimate of drug-likeness (QED) is 0.430. The van der Waals surface area contributed by atoms with Crippen LogP contribution < -0.4 is 15.8 Å². The maximum absolute atomic E-state index is 12.8. The minimum atomic E-state index is -4.39. The standard InChI is InChI=1S/C26H32F3N7O3/c1-24(39-19-6-4-18(5-7-19)26(27,28)29)15-35(16-24)34-12-9-25(8-11-30,10-13-34)36-14-20(21(31)37)22(33-36)32-23(38)17-2-3-17/h4-7,14,17,21,37H,2-3,8-10,12-13,15-16,31H2,1H3,(H,32,33,38). The Kier molecular flexibility index (Phi) is 7.09. The minimum absolute atomic E-state index is 0.0420. The van der Waals surface area contributed by atoms with Crippen molar-refractivity contribution in [1.82, 2.24) is 19.8 Å². The number of carbonyl (C=O) groups is 1. The molecule has 1 aliphatic carbocycles. The summed E-state index contributed by atoms with van der Waals surface area (Å²) in [7, 11) is 0. The number of nitrogens with zero attached hydrogens (tertiary/aromatic N) is 5. The van der Waals surface area contributed by atoms with E-state index in [-0.39, 0.29) is 24.1 Å². The summed E-state index contributed by atoms with van der Waals surface area (Å²) in [5.41, 5.74) is 4.18. The Balaban J connectivity index is 1.21. The molecule has 1 saturated carbocycles. The van der Waals surface area contributed by atoms with Gasteiger partial charge in [0.1, 0.15) is 17.6 Å². The molecule has 5 rings (SSSR count). The average molecular weight is 548 g/mol. The summed E-state index contributed by atoms with van der Waals surface area (Å²) in [6, 6.07) is 6.97. The first-order chi connectivity index (χ1) is 18.4. The number of amides is 1.